The summed E-state index contributed by atoms with van der Waals surface area (Å²) in [7, 11) is 0. The zero-order chi connectivity index (χ0) is 13.5. The molecule has 96 valence electrons. The second-order valence-corrected chi connectivity index (χ2v) is 6.45. The summed E-state index contributed by atoms with van der Waals surface area (Å²) in [6.45, 7) is 6.40. The fourth-order valence-electron chi connectivity index (χ4n) is 1.85. The van der Waals surface area contributed by atoms with Gasteiger partial charge in [-0.25, -0.2) is 0 Å². The molecule has 1 aromatic carbocycles. The molecule has 0 amide bonds. The fraction of sp³-hybridized carbons (Fsp3) is 0.308. The highest BCUT2D eigenvalue weighted by atomic mass is 35.5. The maximum absolute atomic E-state index is 6.04. The smallest absolute Gasteiger partial charge is 0.182 e. The molecule has 2 rings (SSSR count). The first-order valence-corrected chi connectivity index (χ1v) is 6.73. The molecule has 1 heterocycles. The van der Waals surface area contributed by atoms with Crippen LogP contribution in [0.4, 0.5) is 0 Å². The normalized spacial score (nSPS) is 11.8. The Hall–Kier alpha value is -0.770. The van der Waals surface area contributed by atoms with Gasteiger partial charge in [-0.2, -0.15) is 0 Å². The number of aromatic nitrogens is 2. The van der Waals surface area contributed by atoms with Crippen molar-refractivity contribution in [1.29, 1.82) is 0 Å². The van der Waals surface area contributed by atoms with E-state index >= 15 is 0 Å². The van der Waals surface area contributed by atoms with Crippen molar-refractivity contribution >= 4 is 35.4 Å². The van der Waals surface area contributed by atoms with Gasteiger partial charge in [-0.3, -0.25) is 4.57 Å². The first-order chi connectivity index (χ1) is 8.29. The monoisotopic (exact) mass is 300 g/mol. The molecule has 0 spiro atoms. The number of hydrogen-bond donors (Lipinski definition) is 1. The third kappa shape index (κ3) is 2.63. The highest BCUT2D eigenvalue weighted by Gasteiger charge is 2.20. The number of nitrogens with one attached hydrogen (secondary N) is 1. The number of nitrogens with zero attached hydrogens (tertiary/aromatic N) is 1. The van der Waals surface area contributed by atoms with E-state index in [-0.39, 0.29) is 5.41 Å². The van der Waals surface area contributed by atoms with Gasteiger partial charge in [0.2, 0.25) is 0 Å². The van der Waals surface area contributed by atoms with Crippen molar-refractivity contribution in [3.05, 3.63) is 44.9 Å². The van der Waals surface area contributed by atoms with E-state index in [0.717, 1.165) is 11.4 Å². The first kappa shape index (κ1) is 13.7. The fourth-order valence-corrected chi connectivity index (χ4v) is 2.62. The second-order valence-electron chi connectivity index (χ2n) is 5.19. The van der Waals surface area contributed by atoms with E-state index in [1.165, 1.54) is 0 Å². The van der Waals surface area contributed by atoms with Gasteiger partial charge in [0.1, 0.15) is 0 Å². The summed E-state index contributed by atoms with van der Waals surface area (Å²) >= 11 is 17.4. The molecule has 0 bridgehead atoms. The Bertz CT molecular complexity index is 615. The average Bonchev–Trinajstić information content (AvgIpc) is 2.57. The van der Waals surface area contributed by atoms with Gasteiger partial charge in [0.25, 0.3) is 0 Å². The van der Waals surface area contributed by atoms with Crippen LogP contribution < -0.4 is 0 Å². The maximum atomic E-state index is 6.04. The maximum Gasteiger partial charge on any atom is 0.182 e. The van der Waals surface area contributed by atoms with E-state index in [4.69, 9.17) is 35.4 Å². The molecule has 0 radical (unpaired) electrons. The van der Waals surface area contributed by atoms with E-state index in [0.29, 0.717) is 14.8 Å². The predicted molar refractivity (Wildman–Crippen MR) is 79.7 cm³/mol. The molecule has 0 unspecified atom stereocenters. The molecule has 1 aromatic heterocycles. The quantitative estimate of drug-likeness (QED) is 0.723. The van der Waals surface area contributed by atoms with Crippen LogP contribution >= 0.6 is 35.4 Å². The summed E-state index contributed by atoms with van der Waals surface area (Å²) in [6, 6.07) is 5.41. The van der Waals surface area contributed by atoms with E-state index in [1.807, 2.05) is 22.9 Å². The molecule has 0 aliphatic carbocycles. The number of rotatable bonds is 1. The Labute approximate surface area is 122 Å². The molecule has 0 saturated carbocycles. The van der Waals surface area contributed by atoms with Crippen molar-refractivity contribution < 1.29 is 0 Å². The van der Waals surface area contributed by atoms with Gasteiger partial charge in [0, 0.05) is 27.4 Å². The summed E-state index contributed by atoms with van der Waals surface area (Å²) in [5, 5.41) is 1.20. The number of imidazole rings is 1. The summed E-state index contributed by atoms with van der Waals surface area (Å²) in [5.41, 5.74) is 1.94. The van der Waals surface area contributed by atoms with Crippen LogP contribution in [0.25, 0.3) is 5.69 Å². The molecule has 2 aromatic rings. The second kappa shape index (κ2) is 4.72. The third-order valence-electron chi connectivity index (χ3n) is 2.65. The predicted octanol–water partition coefficient (Wildman–Crippen LogP) is 5.14. The Morgan fingerprint density at radius 2 is 1.67 bits per heavy atom. The minimum absolute atomic E-state index is 0.0254. The number of halogens is 2. The van der Waals surface area contributed by atoms with Gasteiger partial charge < -0.3 is 4.98 Å². The van der Waals surface area contributed by atoms with Crippen molar-refractivity contribution in [2.45, 2.75) is 26.2 Å². The van der Waals surface area contributed by atoms with Crippen LogP contribution in [0.1, 0.15) is 26.5 Å². The number of benzene rings is 1. The molecule has 0 aliphatic rings. The van der Waals surface area contributed by atoms with Crippen molar-refractivity contribution in [3.8, 4) is 5.69 Å². The molecular weight excluding hydrogens is 287 g/mol. The lowest BCUT2D eigenvalue weighted by Gasteiger charge is -2.21. The zero-order valence-electron chi connectivity index (χ0n) is 10.4. The van der Waals surface area contributed by atoms with Crippen LogP contribution in [0.15, 0.2) is 24.4 Å². The lowest BCUT2D eigenvalue weighted by Crippen LogP contribution is -2.16. The minimum atomic E-state index is -0.0254. The molecule has 0 atom stereocenters. The molecule has 18 heavy (non-hydrogen) atoms. The molecule has 0 fully saturated rings. The van der Waals surface area contributed by atoms with Crippen LogP contribution in [0.2, 0.25) is 10.0 Å². The molecule has 1 N–H and O–H groups in total. The zero-order valence-corrected chi connectivity index (χ0v) is 12.7. The van der Waals surface area contributed by atoms with Crippen molar-refractivity contribution in [1.82, 2.24) is 9.55 Å². The number of aromatic amines is 1. The van der Waals surface area contributed by atoms with E-state index in [1.54, 1.807) is 6.07 Å². The van der Waals surface area contributed by atoms with E-state index in [9.17, 15) is 0 Å². The topological polar surface area (TPSA) is 20.7 Å². The summed E-state index contributed by atoms with van der Waals surface area (Å²) < 4.78 is 2.60. The van der Waals surface area contributed by atoms with Crippen LogP contribution in [-0.4, -0.2) is 9.55 Å². The van der Waals surface area contributed by atoms with Crippen molar-refractivity contribution in [2.24, 2.45) is 0 Å². The highest BCUT2D eigenvalue weighted by Crippen LogP contribution is 2.28. The average molecular weight is 301 g/mol. The number of H-pyrrole nitrogens is 1. The summed E-state index contributed by atoms with van der Waals surface area (Å²) in [5.74, 6) is 0. The lowest BCUT2D eigenvalue weighted by atomic mass is 9.92. The standard InChI is InChI=1S/C13H14Cl2N2S/c1-13(2,3)11-7-16-12(18)17(11)10-5-8(14)4-9(15)6-10/h4-7H,1-3H3,(H,16,18). The van der Waals surface area contributed by atoms with Gasteiger partial charge in [0.15, 0.2) is 4.77 Å². The molecule has 0 saturated heterocycles. The number of hydrogen-bond acceptors (Lipinski definition) is 1. The van der Waals surface area contributed by atoms with Gasteiger partial charge in [0.05, 0.1) is 5.69 Å². The van der Waals surface area contributed by atoms with Crippen molar-refractivity contribution in [2.75, 3.05) is 0 Å². The summed E-state index contributed by atoms with van der Waals surface area (Å²) in [6.07, 6.45) is 1.93. The van der Waals surface area contributed by atoms with Crippen LogP contribution in [0, 0.1) is 4.77 Å². The Morgan fingerprint density at radius 3 is 2.17 bits per heavy atom. The SMILES string of the molecule is CC(C)(C)c1c[nH]c(=S)n1-c1cc(Cl)cc(Cl)c1. The third-order valence-corrected chi connectivity index (χ3v) is 3.39. The van der Waals surface area contributed by atoms with Crippen LogP contribution in [0.3, 0.4) is 0 Å². The van der Waals surface area contributed by atoms with Gasteiger partial charge in [-0.05, 0) is 30.4 Å². The van der Waals surface area contributed by atoms with Gasteiger partial charge >= 0.3 is 0 Å². The Morgan fingerprint density at radius 1 is 1.11 bits per heavy atom. The largest absolute Gasteiger partial charge is 0.337 e. The van der Waals surface area contributed by atoms with E-state index in [2.05, 4.69) is 25.8 Å². The summed E-state index contributed by atoms with van der Waals surface area (Å²) in [4.78, 5) is 3.07. The lowest BCUT2D eigenvalue weighted by molar-refractivity contribution is 0.556. The van der Waals surface area contributed by atoms with Crippen molar-refractivity contribution in [3.63, 3.8) is 0 Å². The van der Waals surface area contributed by atoms with Gasteiger partial charge in [-0.15, -0.1) is 0 Å². The van der Waals surface area contributed by atoms with Crippen LogP contribution in [-0.2, 0) is 5.41 Å². The molecule has 0 aliphatic heterocycles. The molecular formula is C13H14Cl2N2S. The highest BCUT2D eigenvalue weighted by molar-refractivity contribution is 7.71. The van der Waals surface area contributed by atoms with E-state index < -0.39 is 0 Å². The van der Waals surface area contributed by atoms with Gasteiger partial charge in [-0.1, -0.05) is 44.0 Å². The minimum Gasteiger partial charge on any atom is -0.337 e. The molecule has 2 nitrogen and oxygen atoms in total. The van der Waals surface area contributed by atoms with Crippen LogP contribution in [0.5, 0.6) is 0 Å². The Kier molecular flexibility index (Phi) is 3.58. The Balaban J connectivity index is 2.71. The first-order valence-electron chi connectivity index (χ1n) is 5.56. The molecule has 5 heteroatoms.